The molecule has 6 heteroatoms. The van der Waals surface area contributed by atoms with Gasteiger partial charge in [0.2, 0.25) is 0 Å². The SMILES string of the molecule is CCCCC/C=C\C/C=C\CCCCCCCC(=O)O.CCCCCCCC(=O)O.CCCCCCCCCC(=O)O. The molecule has 0 unspecified atom stereocenters. The van der Waals surface area contributed by atoms with E-state index in [0.717, 1.165) is 51.4 Å². The largest absolute Gasteiger partial charge is 0.481 e. The van der Waals surface area contributed by atoms with E-state index in [-0.39, 0.29) is 0 Å². The van der Waals surface area contributed by atoms with Gasteiger partial charge in [-0.25, -0.2) is 0 Å². The number of rotatable bonds is 28. The van der Waals surface area contributed by atoms with Crippen LogP contribution in [0.1, 0.15) is 188 Å². The third kappa shape index (κ3) is 54.0. The van der Waals surface area contributed by atoms with Crippen LogP contribution >= 0.6 is 0 Å². The molecule has 0 aliphatic rings. The van der Waals surface area contributed by atoms with Crippen molar-refractivity contribution in [3.8, 4) is 0 Å². The Kier molecular flexibility index (Phi) is 43.3. The summed E-state index contributed by atoms with van der Waals surface area (Å²) >= 11 is 0. The van der Waals surface area contributed by atoms with Crippen molar-refractivity contribution in [1.29, 1.82) is 0 Å². The number of aliphatic carboxylic acids is 3. The molecule has 0 bridgehead atoms. The molecule has 0 atom stereocenters. The number of unbranched alkanes of at least 4 members (excludes halogenated alkanes) is 18. The average molecular weight is 597 g/mol. The maximum Gasteiger partial charge on any atom is 0.303 e. The van der Waals surface area contributed by atoms with Crippen LogP contribution in [0.15, 0.2) is 24.3 Å². The lowest BCUT2D eigenvalue weighted by atomic mass is 10.1. The van der Waals surface area contributed by atoms with E-state index in [1.807, 2.05) is 0 Å². The summed E-state index contributed by atoms with van der Waals surface area (Å²) in [4.78, 5) is 30.5. The molecule has 0 spiro atoms. The summed E-state index contributed by atoms with van der Waals surface area (Å²) in [5.74, 6) is -2.00. The van der Waals surface area contributed by atoms with Crippen molar-refractivity contribution in [2.24, 2.45) is 0 Å². The molecule has 0 heterocycles. The summed E-state index contributed by atoms with van der Waals surface area (Å²) < 4.78 is 0. The van der Waals surface area contributed by atoms with Crippen molar-refractivity contribution in [2.75, 3.05) is 0 Å². The van der Waals surface area contributed by atoms with Crippen LogP contribution in [0.3, 0.4) is 0 Å². The Morgan fingerprint density at radius 2 is 0.643 bits per heavy atom. The smallest absolute Gasteiger partial charge is 0.303 e. The minimum Gasteiger partial charge on any atom is -0.481 e. The van der Waals surface area contributed by atoms with Crippen molar-refractivity contribution in [3.05, 3.63) is 24.3 Å². The normalized spacial score (nSPS) is 10.7. The lowest BCUT2D eigenvalue weighted by Crippen LogP contribution is -1.93. The molecule has 0 saturated heterocycles. The molecule has 0 aliphatic carbocycles. The second-order valence-electron chi connectivity index (χ2n) is 11.2. The molecule has 248 valence electrons. The topological polar surface area (TPSA) is 112 Å². The zero-order valence-electron chi connectivity index (χ0n) is 27.8. The van der Waals surface area contributed by atoms with Crippen LogP contribution in [-0.4, -0.2) is 33.2 Å². The van der Waals surface area contributed by atoms with Crippen molar-refractivity contribution < 1.29 is 29.7 Å². The van der Waals surface area contributed by atoms with E-state index in [4.69, 9.17) is 15.3 Å². The van der Waals surface area contributed by atoms with E-state index in [1.54, 1.807) is 0 Å². The lowest BCUT2D eigenvalue weighted by Gasteiger charge is -1.98. The third-order valence-corrected chi connectivity index (χ3v) is 6.83. The van der Waals surface area contributed by atoms with Crippen molar-refractivity contribution in [1.82, 2.24) is 0 Å². The van der Waals surface area contributed by atoms with Gasteiger partial charge in [-0.2, -0.15) is 0 Å². The highest BCUT2D eigenvalue weighted by molar-refractivity contribution is 5.67. The highest BCUT2D eigenvalue weighted by Crippen LogP contribution is 2.09. The Balaban J connectivity index is -0.000000590. The molecule has 0 aromatic carbocycles. The number of allylic oxidation sites excluding steroid dienone is 4. The number of hydrogen-bond acceptors (Lipinski definition) is 3. The van der Waals surface area contributed by atoms with Gasteiger partial charge in [0, 0.05) is 19.3 Å². The molecule has 0 amide bonds. The third-order valence-electron chi connectivity index (χ3n) is 6.83. The van der Waals surface area contributed by atoms with Crippen LogP contribution in [0, 0.1) is 0 Å². The van der Waals surface area contributed by atoms with Crippen molar-refractivity contribution in [3.63, 3.8) is 0 Å². The summed E-state index contributed by atoms with van der Waals surface area (Å²) in [5.41, 5.74) is 0. The predicted octanol–water partition coefficient (Wildman–Crippen LogP) is 11.5. The fourth-order valence-corrected chi connectivity index (χ4v) is 4.20. The summed E-state index contributed by atoms with van der Waals surface area (Å²) in [6, 6.07) is 0. The predicted molar refractivity (Wildman–Crippen MR) is 178 cm³/mol. The molecule has 0 radical (unpaired) electrons. The number of hydrogen-bond donors (Lipinski definition) is 3. The zero-order valence-corrected chi connectivity index (χ0v) is 27.8. The number of carboxylic acid groups (broad SMARTS) is 3. The fraction of sp³-hybridized carbons (Fsp3) is 0.806. The second kappa shape index (κ2) is 41.0. The highest BCUT2D eigenvalue weighted by atomic mass is 16.4. The molecule has 0 aliphatic heterocycles. The van der Waals surface area contributed by atoms with Crippen LogP contribution in [0.25, 0.3) is 0 Å². The van der Waals surface area contributed by atoms with Gasteiger partial charge in [-0.3, -0.25) is 14.4 Å². The van der Waals surface area contributed by atoms with E-state index in [2.05, 4.69) is 45.1 Å². The lowest BCUT2D eigenvalue weighted by molar-refractivity contribution is -0.138. The summed E-state index contributed by atoms with van der Waals surface area (Å²) in [6.45, 7) is 6.58. The van der Waals surface area contributed by atoms with Gasteiger partial charge in [0.05, 0.1) is 0 Å². The minimum absolute atomic E-state index is 0.324. The Bertz CT molecular complexity index is 626. The van der Waals surface area contributed by atoms with Crippen LogP contribution in [-0.2, 0) is 14.4 Å². The van der Waals surface area contributed by atoms with Gasteiger partial charge in [0.1, 0.15) is 0 Å². The van der Waals surface area contributed by atoms with Gasteiger partial charge in [0.25, 0.3) is 0 Å². The monoisotopic (exact) mass is 597 g/mol. The summed E-state index contributed by atoms with van der Waals surface area (Å²) in [5, 5.41) is 25.1. The maximum atomic E-state index is 10.3. The van der Waals surface area contributed by atoms with Crippen LogP contribution in [0.5, 0.6) is 0 Å². The van der Waals surface area contributed by atoms with Gasteiger partial charge in [-0.05, 0) is 51.4 Å². The molecule has 0 fully saturated rings. The molecular weight excluding hydrogens is 528 g/mol. The quantitative estimate of drug-likeness (QED) is 0.0611. The second-order valence-corrected chi connectivity index (χ2v) is 11.2. The number of carboxylic acids is 3. The van der Waals surface area contributed by atoms with Gasteiger partial charge in [0.15, 0.2) is 0 Å². The van der Waals surface area contributed by atoms with Gasteiger partial charge in [-0.15, -0.1) is 0 Å². The number of carbonyl (C=O) groups is 3. The molecule has 42 heavy (non-hydrogen) atoms. The van der Waals surface area contributed by atoms with Crippen LogP contribution in [0.2, 0.25) is 0 Å². The first-order chi connectivity index (χ1) is 20.3. The van der Waals surface area contributed by atoms with E-state index >= 15 is 0 Å². The molecule has 0 rings (SSSR count). The van der Waals surface area contributed by atoms with Crippen molar-refractivity contribution in [2.45, 2.75) is 188 Å². The van der Waals surface area contributed by atoms with E-state index in [0.29, 0.717) is 19.3 Å². The Morgan fingerprint density at radius 1 is 0.381 bits per heavy atom. The van der Waals surface area contributed by atoms with E-state index < -0.39 is 17.9 Å². The van der Waals surface area contributed by atoms with Gasteiger partial charge in [-0.1, -0.05) is 141 Å². The molecule has 0 saturated carbocycles. The van der Waals surface area contributed by atoms with Gasteiger partial charge < -0.3 is 15.3 Å². The Morgan fingerprint density at radius 3 is 0.976 bits per heavy atom. The molecule has 0 aromatic heterocycles. The molecule has 3 N–H and O–H groups in total. The Hall–Kier alpha value is -2.11. The first kappa shape index (κ1) is 44.3. The highest BCUT2D eigenvalue weighted by Gasteiger charge is 1.97. The average Bonchev–Trinajstić information content (AvgIpc) is 2.95. The Labute approximate surface area is 259 Å². The zero-order chi connectivity index (χ0) is 31.9. The van der Waals surface area contributed by atoms with Gasteiger partial charge >= 0.3 is 17.9 Å². The van der Waals surface area contributed by atoms with E-state index in [9.17, 15) is 14.4 Å². The first-order valence-electron chi connectivity index (χ1n) is 17.3. The van der Waals surface area contributed by atoms with Crippen LogP contribution < -0.4 is 0 Å². The first-order valence-corrected chi connectivity index (χ1v) is 17.3. The maximum absolute atomic E-state index is 10.3. The molecule has 0 aromatic rings. The molecule has 6 nitrogen and oxygen atoms in total. The fourth-order valence-electron chi connectivity index (χ4n) is 4.20. The van der Waals surface area contributed by atoms with E-state index in [1.165, 1.54) is 96.3 Å². The summed E-state index contributed by atoms with van der Waals surface area (Å²) in [7, 11) is 0. The van der Waals surface area contributed by atoms with Crippen molar-refractivity contribution >= 4 is 17.9 Å². The minimum atomic E-state index is -0.671. The summed E-state index contributed by atoms with van der Waals surface area (Å²) in [6.07, 6.45) is 36.8. The standard InChI is InChI=1S/C18H32O2.C10H20O2.C8H16O2/c1-2-3-4-5-6-7-8-9-10-11-12-13-14-15-16-17-18(19)20;1-2-3-4-5-6-7-8-9-10(11)12;1-2-3-4-5-6-7-8(9)10/h6-7,9-10H,2-5,8,11-17H2,1H3,(H,19,20);2-9H2,1H3,(H,11,12);2-7H2,1H3,(H,9,10)/b7-6-,10-9-;;. The molecular formula is C36H68O6. The van der Waals surface area contributed by atoms with Crippen LogP contribution in [0.4, 0.5) is 0 Å².